The third-order valence-electron chi connectivity index (χ3n) is 5.57. The fourth-order valence-electron chi connectivity index (χ4n) is 4.13. The van der Waals surface area contributed by atoms with Gasteiger partial charge in [0.1, 0.15) is 11.9 Å². The number of cyclic esters (lactones) is 1. The molecule has 2 aromatic rings. The molecule has 3 unspecified atom stereocenters. The van der Waals surface area contributed by atoms with Gasteiger partial charge in [-0.2, -0.15) is 5.26 Å². The Morgan fingerprint density at radius 3 is 2.96 bits per heavy atom. The van der Waals surface area contributed by atoms with Crippen molar-refractivity contribution in [2.24, 2.45) is 17.8 Å². The number of hydrogen-bond acceptors (Lipinski definition) is 5. The molecular formula is C19H16FN5O2. The van der Waals surface area contributed by atoms with Crippen LogP contribution in [0.4, 0.5) is 14.9 Å². The van der Waals surface area contributed by atoms with Gasteiger partial charge in [0.25, 0.3) is 0 Å². The molecule has 27 heavy (non-hydrogen) atoms. The maximum Gasteiger partial charge on any atom is 0.414 e. The zero-order valence-electron chi connectivity index (χ0n) is 14.3. The van der Waals surface area contributed by atoms with Gasteiger partial charge in [0.15, 0.2) is 0 Å². The summed E-state index contributed by atoms with van der Waals surface area (Å²) in [7, 11) is 0. The molecule has 2 heterocycles. The topological polar surface area (TPSA) is 84.0 Å². The van der Waals surface area contributed by atoms with E-state index in [1.165, 1.54) is 11.0 Å². The van der Waals surface area contributed by atoms with Crippen LogP contribution >= 0.6 is 0 Å². The van der Waals surface area contributed by atoms with E-state index in [2.05, 4.69) is 16.4 Å². The predicted octanol–water partition coefficient (Wildman–Crippen LogP) is 2.62. The number of halogens is 1. The number of fused-ring (bicyclic) bond motifs is 1. The average molecular weight is 365 g/mol. The van der Waals surface area contributed by atoms with Crippen molar-refractivity contribution >= 4 is 17.4 Å². The Balaban J connectivity index is 1.32. The lowest BCUT2D eigenvalue weighted by Gasteiger charge is -2.15. The van der Waals surface area contributed by atoms with Crippen LogP contribution in [-0.2, 0) is 11.3 Å². The first-order chi connectivity index (χ1) is 13.1. The van der Waals surface area contributed by atoms with Crippen molar-refractivity contribution in [3.63, 3.8) is 0 Å². The maximum absolute atomic E-state index is 14.7. The highest BCUT2D eigenvalue weighted by Crippen LogP contribution is 2.57. The van der Waals surface area contributed by atoms with Crippen molar-refractivity contribution in [3.05, 3.63) is 48.0 Å². The molecule has 4 atom stereocenters. The number of allylic oxidation sites excluding steroid dienone is 2. The van der Waals surface area contributed by atoms with Gasteiger partial charge in [0, 0.05) is 11.8 Å². The number of aromatic nitrogens is 3. The monoisotopic (exact) mass is 365 g/mol. The SMILES string of the molecule is N#CC1C2C=C(c3ccc(N4C[C@H](Cn5ccnn5)OC4=O)cc3F)CC12. The van der Waals surface area contributed by atoms with Crippen LogP contribution in [0.1, 0.15) is 12.0 Å². The largest absolute Gasteiger partial charge is 0.442 e. The van der Waals surface area contributed by atoms with E-state index in [-0.39, 0.29) is 23.8 Å². The molecule has 1 aliphatic heterocycles. The lowest BCUT2D eigenvalue weighted by Crippen LogP contribution is -2.26. The number of nitriles is 1. The first kappa shape index (κ1) is 16.0. The Hall–Kier alpha value is -3.21. The van der Waals surface area contributed by atoms with Crippen LogP contribution in [0.2, 0.25) is 0 Å². The number of ether oxygens (including phenoxy) is 1. The first-order valence-corrected chi connectivity index (χ1v) is 8.86. The highest BCUT2D eigenvalue weighted by Gasteiger charge is 2.53. The number of amides is 1. The predicted molar refractivity (Wildman–Crippen MR) is 92.7 cm³/mol. The molecule has 0 bridgehead atoms. The number of carbonyl (C=O) groups is 1. The number of anilines is 1. The molecule has 1 saturated carbocycles. The van der Waals surface area contributed by atoms with E-state index in [9.17, 15) is 9.18 Å². The second-order valence-corrected chi connectivity index (χ2v) is 7.20. The molecule has 7 nitrogen and oxygen atoms in total. The Labute approximate surface area is 154 Å². The fourth-order valence-corrected chi connectivity index (χ4v) is 4.13. The van der Waals surface area contributed by atoms with Crippen molar-refractivity contribution < 1.29 is 13.9 Å². The highest BCUT2D eigenvalue weighted by atomic mass is 19.1. The van der Waals surface area contributed by atoms with Crippen molar-refractivity contribution in [1.29, 1.82) is 5.26 Å². The number of carbonyl (C=O) groups excluding carboxylic acids is 1. The Kier molecular flexibility index (Phi) is 3.50. The van der Waals surface area contributed by atoms with Gasteiger partial charge < -0.3 is 4.74 Å². The van der Waals surface area contributed by atoms with E-state index in [1.807, 2.05) is 6.08 Å². The first-order valence-electron chi connectivity index (χ1n) is 8.86. The van der Waals surface area contributed by atoms with Crippen molar-refractivity contribution in [3.8, 4) is 6.07 Å². The normalized spacial score (nSPS) is 28.5. The quantitative estimate of drug-likeness (QED) is 0.832. The summed E-state index contributed by atoms with van der Waals surface area (Å²) in [4.78, 5) is 13.6. The van der Waals surface area contributed by atoms with E-state index >= 15 is 0 Å². The van der Waals surface area contributed by atoms with E-state index < -0.39 is 6.09 Å². The molecular weight excluding hydrogens is 349 g/mol. The molecule has 1 amide bonds. The van der Waals surface area contributed by atoms with Gasteiger partial charge >= 0.3 is 6.09 Å². The van der Waals surface area contributed by atoms with Gasteiger partial charge in [-0.15, -0.1) is 5.10 Å². The van der Waals surface area contributed by atoms with Gasteiger partial charge in [-0.05, 0) is 42.0 Å². The lowest BCUT2D eigenvalue weighted by atomic mass is 10.00. The summed E-state index contributed by atoms with van der Waals surface area (Å²) in [6, 6.07) is 7.12. The fraction of sp³-hybridized carbons (Fsp3) is 0.368. The number of benzene rings is 1. The van der Waals surface area contributed by atoms with Crippen LogP contribution in [0.5, 0.6) is 0 Å². The van der Waals surface area contributed by atoms with Crippen LogP contribution in [0.25, 0.3) is 5.57 Å². The van der Waals surface area contributed by atoms with Crippen LogP contribution in [0.3, 0.4) is 0 Å². The van der Waals surface area contributed by atoms with Gasteiger partial charge in [0.2, 0.25) is 0 Å². The summed E-state index contributed by atoms with van der Waals surface area (Å²) in [6.07, 6.45) is 5.16. The minimum absolute atomic E-state index is 0.0948. The summed E-state index contributed by atoms with van der Waals surface area (Å²) in [6.45, 7) is 0.729. The molecule has 2 fully saturated rings. The van der Waals surface area contributed by atoms with Gasteiger partial charge in [-0.1, -0.05) is 11.3 Å². The second kappa shape index (κ2) is 5.91. The van der Waals surface area contributed by atoms with Gasteiger partial charge in [-0.3, -0.25) is 4.90 Å². The molecule has 2 aliphatic carbocycles. The van der Waals surface area contributed by atoms with Crippen LogP contribution in [-0.4, -0.2) is 33.7 Å². The Morgan fingerprint density at radius 1 is 1.41 bits per heavy atom. The highest BCUT2D eigenvalue weighted by molar-refractivity contribution is 5.90. The lowest BCUT2D eigenvalue weighted by molar-refractivity contribution is 0.129. The number of rotatable bonds is 4. The molecule has 0 radical (unpaired) electrons. The van der Waals surface area contributed by atoms with Gasteiger partial charge in [-0.25, -0.2) is 13.9 Å². The van der Waals surface area contributed by atoms with E-state index in [1.54, 1.807) is 29.2 Å². The molecule has 5 rings (SSSR count). The minimum atomic E-state index is -0.495. The third kappa shape index (κ3) is 2.67. The number of hydrogen-bond donors (Lipinski definition) is 0. The summed E-state index contributed by atoms with van der Waals surface area (Å²) in [5.41, 5.74) is 1.98. The standard InChI is InChI=1S/C19H16FN5O2/c20-18-7-12(1-2-14(18)11-5-15-16(6-11)17(15)8-21)25-10-13(27-19(25)26)9-24-4-3-22-23-24/h1-5,7,13,15-17H,6,9-10H2/t13-,15?,16?,17?/m0/s1. The van der Waals surface area contributed by atoms with Crippen molar-refractivity contribution in [1.82, 2.24) is 15.0 Å². The summed E-state index contributed by atoms with van der Waals surface area (Å²) >= 11 is 0. The van der Waals surface area contributed by atoms with Crippen LogP contribution in [0.15, 0.2) is 36.7 Å². The summed E-state index contributed by atoms with van der Waals surface area (Å²) in [5.74, 6) is 0.351. The molecule has 0 spiro atoms. The molecule has 8 heteroatoms. The third-order valence-corrected chi connectivity index (χ3v) is 5.57. The van der Waals surface area contributed by atoms with Crippen molar-refractivity contribution in [2.45, 2.75) is 19.1 Å². The Morgan fingerprint density at radius 2 is 2.30 bits per heavy atom. The maximum atomic E-state index is 14.7. The molecule has 3 aliphatic rings. The molecule has 1 aromatic heterocycles. The molecule has 1 aromatic carbocycles. The Bertz CT molecular complexity index is 980. The minimum Gasteiger partial charge on any atom is -0.442 e. The summed E-state index contributed by atoms with van der Waals surface area (Å²) in [5, 5.41) is 16.6. The smallest absolute Gasteiger partial charge is 0.414 e. The molecule has 0 N–H and O–H groups in total. The van der Waals surface area contributed by atoms with Crippen LogP contribution < -0.4 is 4.90 Å². The van der Waals surface area contributed by atoms with Crippen molar-refractivity contribution in [2.75, 3.05) is 11.4 Å². The zero-order valence-corrected chi connectivity index (χ0v) is 14.3. The van der Waals surface area contributed by atoms with Gasteiger partial charge in [0.05, 0.1) is 37.0 Å². The van der Waals surface area contributed by atoms with Crippen LogP contribution in [0, 0.1) is 34.9 Å². The average Bonchev–Trinajstić information content (AvgIpc) is 3.11. The van der Waals surface area contributed by atoms with E-state index in [0.717, 1.165) is 12.0 Å². The second-order valence-electron chi connectivity index (χ2n) is 7.20. The molecule has 136 valence electrons. The zero-order chi connectivity index (χ0) is 18.5. The molecule has 1 saturated heterocycles. The number of nitrogens with zero attached hydrogens (tertiary/aromatic N) is 5. The summed E-state index contributed by atoms with van der Waals surface area (Å²) < 4.78 is 21.6. The van der Waals surface area contributed by atoms with E-state index in [4.69, 9.17) is 10.00 Å². The van der Waals surface area contributed by atoms with E-state index in [0.29, 0.717) is 30.3 Å².